The summed E-state index contributed by atoms with van der Waals surface area (Å²) in [6, 6.07) is 8.53. The second kappa shape index (κ2) is 9.34. The fourth-order valence-corrected chi connectivity index (χ4v) is 4.64. The highest BCUT2D eigenvalue weighted by Gasteiger charge is 2.54. The summed E-state index contributed by atoms with van der Waals surface area (Å²) in [4.78, 5) is 9.51. The Balaban J connectivity index is 2.63. The van der Waals surface area contributed by atoms with E-state index in [1.807, 2.05) is 4.72 Å². The maximum Gasteiger partial charge on any atom is 0.430 e. The Kier molecular flexibility index (Phi) is 7.54. The number of hydrogen-bond acceptors (Lipinski definition) is 6. The number of halogens is 5. The van der Waals surface area contributed by atoms with Crippen LogP contribution >= 0.6 is 15.9 Å². The molecule has 2 aromatic rings. The number of benzene rings is 2. The van der Waals surface area contributed by atoms with Crippen molar-refractivity contribution in [3.63, 3.8) is 0 Å². The van der Waals surface area contributed by atoms with Crippen LogP contribution in [-0.2, 0) is 20.3 Å². The third-order valence-corrected chi connectivity index (χ3v) is 6.77. The van der Waals surface area contributed by atoms with E-state index < -0.39 is 60.8 Å². The number of para-hydroxylation sites is 1. The summed E-state index contributed by atoms with van der Waals surface area (Å²) in [5, 5.41) is 20.3. The molecule has 2 aromatic carbocycles. The minimum Gasteiger partial charge on any atom is -0.350 e. The summed E-state index contributed by atoms with van der Waals surface area (Å²) in [5.41, 5.74) is -6.80. The van der Waals surface area contributed by atoms with Crippen molar-refractivity contribution >= 4 is 31.6 Å². The summed E-state index contributed by atoms with van der Waals surface area (Å²) in [7, 11) is -4.80. The first kappa shape index (κ1) is 26.7. The van der Waals surface area contributed by atoms with Gasteiger partial charge in [-0.3, -0.25) is 10.1 Å². The zero-order valence-electron chi connectivity index (χ0n) is 17.0. The molecule has 0 aliphatic rings. The Morgan fingerprint density at radius 3 is 2.36 bits per heavy atom. The zero-order valence-corrected chi connectivity index (χ0v) is 19.4. The lowest BCUT2D eigenvalue weighted by molar-refractivity contribution is -0.387. The van der Waals surface area contributed by atoms with Crippen LogP contribution in [0.15, 0.2) is 51.8 Å². The van der Waals surface area contributed by atoms with Crippen LogP contribution in [-0.4, -0.2) is 31.7 Å². The average molecular weight is 554 g/mol. The molecule has 2 unspecified atom stereocenters. The number of ether oxygens (including phenoxy) is 1. The van der Waals surface area contributed by atoms with Crippen molar-refractivity contribution in [3.05, 3.63) is 68.4 Å². The molecule has 0 aliphatic heterocycles. The molecule has 8 nitrogen and oxygen atoms in total. The van der Waals surface area contributed by atoms with Crippen LogP contribution in [0.3, 0.4) is 0 Å². The van der Waals surface area contributed by atoms with Crippen LogP contribution < -0.4 is 4.72 Å². The Hall–Kier alpha value is -2.60. The number of alkyl halides is 3. The molecule has 0 radical (unpaired) electrons. The van der Waals surface area contributed by atoms with Gasteiger partial charge in [-0.05, 0) is 38.1 Å². The summed E-state index contributed by atoms with van der Waals surface area (Å²) in [6.07, 6.45) is -5.16. The maximum absolute atomic E-state index is 14.7. The van der Waals surface area contributed by atoms with E-state index >= 15 is 0 Å². The lowest BCUT2D eigenvalue weighted by atomic mass is 9.93. The van der Waals surface area contributed by atoms with Gasteiger partial charge in [0.25, 0.3) is 5.69 Å². The number of nitro benzene ring substituents is 1. The van der Waals surface area contributed by atoms with Gasteiger partial charge >= 0.3 is 6.18 Å². The van der Waals surface area contributed by atoms with Crippen LogP contribution in [0, 0.1) is 27.3 Å². The number of sulfonamides is 1. The number of hydrogen-bond donors (Lipinski definition) is 1. The second-order valence-corrected chi connectivity index (χ2v) is 9.78. The SMILES string of the molecule is CC(COC(C)(C#N)C(F)(F)F)(NS(=O)(=O)c1ccccc1[N+](=O)[O-])c1cc(Br)ccc1F. The number of nitriles is 1. The fourth-order valence-electron chi connectivity index (χ4n) is 2.74. The predicted octanol–water partition coefficient (Wildman–Crippen LogP) is 4.55. The van der Waals surface area contributed by atoms with Crippen molar-refractivity contribution < 1.29 is 35.6 Å². The van der Waals surface area contributed by atoms with E-state index in [0.29, 0.717) is 6.92 Å². The highest BCUT2D eigenvalue weighted by atomic mass is 79.9. The molecular weight excluding hydrogens is 538 g/mol. The quantitative estimate of drug-likeness (QED) is 0.290. The van der Waals surface area contributed by atoms with Crippen LogP contribution in [0.2, 0.25) is 0 Å². The van der Waals surface area contributed by atoms with E-state index in [1.165, 1.54) is 18.2 Å². The monoisotopic (exact) mass is 553 g/mol. The molecule has 2 atom stereocenters. The first-order valence-electron chi connectivity index (χ1n) is 8.91. The lowest BCUT2D eigenvalue weighted by Crippen LogP contribution is -2.52. The van der Waals surface area contributed by atoms with Gasteiger partial charge in [-0.2, -0.15) is 23.2 Å². The molecule has 0 aliphatic carbocycles. The van der Waals surface area contributed by atoms with Crippen LogP contribution in [0.25, 0.3) is 0 Å². The van der Waals surface area contributed by atoms with Crippen molar-refractivity contribution in [2.75, 3.05) is 6.61 Å². The van der Waals surface area contributed by atoms with Crippen molar-refractivity contribution in [1.29, 1.82) is 5.26 Å². The maximum atomic E-state index is 14.7. The average Bonchev–Trinajstić information content (AvgIpc) is 2.72. The molecule has 0 bridgehead atoms. The van der Waals surface area contributed by atoms with Gasteiger partial charge in [0, 0.05) is 16.1 Å². The zero-order chi connectivity index (χ0) is 25.2. The van der Waals surface area contributed by atoms with E-state index in [1.54, 1.807) is 0 Å². The van der Waals surface area contributed by atoms with Crippen molar-refractivity contribution in [2.24, 2.45) is 0 Å². The van der Waals surface area contributed by atoms with Gasteiger partial charge in [0.05, 0.1) is 17.1 Å². The summed E-state index contributed by atoms with van der Waals surface area (Å²) in [6.45, 7) is 0.309. The normalized spacial score (nSPS) is 15.8. The van der Waals surface area contributed by atoms with Crippen molar-refractivity contribution in [3.8, 4) is 6.07 Å². The van der Waals surface area contributed by atoms with Crippen molar-refractivity contribution in [2.45, 2.75) is 36.1 Å². The second-order valence-electron chi connectivity index (χ2n) is 7.22. The molecule has 33 heavy (non-hydrogen) atoms. The van der Waals surface area contributed by atoms with Gasteiger partial charge < -0.3 is 4.74 Å². The van der Waals surface area contributed by atoms with Crippen molar-refractivity contribution in [1.82, 2.24) is 4.72 Å². The molecule has 0 saturated carbocycles. The summed E-state index contributed by atoms with van der Waals surface area (Å²) in [5.74, 6) is -1.000. The lowest BCUT2D eigenvalue weighted by Gasteiger charge is -2.35. The van der Waals surface area contributed by atoms with Crippen LogP contribution in [0.4, 0.5) is 23.2 Å². The third-order valence-electron chi connectivity index (χ3n) is 4.64. The largest absolute Gasteiger partial charge is 0.430 e. The molecule has 2 rings (SSSR count). The van der Waals surface area contributed by atoms with E-state index in [-0.39, 0.29) is 4.47 Å². The molecule has 178 valence electrons. The highest BCUT2D eigenvalue weighted by molar-refractivity contribution is 9.10. The first-order valence-corrected chi connectivity index (χ1v) is 11.2. The summed E-state index contributed by atoms with van der Waals surface area (Å²) >= 11 is 3.07. The molecule has 0 heterocycles. The number of nitro groups is 1. The number of rotatable bonds is 8. The smallest absolute Gasteiger partial charge is 0.350 e. The summed E-state index contributed by atoms with van der Waals surface area (Å²) < 4.78 is 87.8. The number of nitrogens with zero attached hydrogens (tertiary/aromatic N) is 2. The van der Waals surface area contributed by atoms with Gasteiger partial charge in [-0.1, -0.05) is 28.1 Å². The standard InChI is InChI=1S/C19H16BrF4N3O5S/c1-17(13-9-12(20)7-8-14(13)21,11-32-18(2,10-25)19(22,23)24)26-33(30,31)16-6-4-3-5-15(16)27(28)29/h3-9,26H,11H2,1-2H3. The van der Waals surface area contributed by atoms with Gasteiger partial charge in [0.15, 0.2) is 4.90 Å². The molecular formula is C19H16BrF4N3O5S. The number of nitrogens with one attached hydrogen (secondary N) is 1. The van der Waals surface area contributed by atoms with E-state index in [0.717, 1.165) is 37.3 Å². The Morgan fingerprint density at radius 1 is 1.21 bits per heavy atom. The molecule has 0 fully saturated rings. The molecule has 14 heteroatoms. The van der Waals surface area contributed by atoms with Gasteiger partial charge in [0.1, 0.15) is 11.9 Å². The van der Waals surface area contributed by atoms with E-state index in [4.69, 9.17) is 10.00 Å². The molecule has 0 amide bonds. The Bertz CT molecular complexity index is 1220. The van der Waals surface area contributed by atoms with Crippen LogP contribution in [0.1, 0.15) is 19.4 Å². The van der Waals surface area contributed by atoms with Gasteiger partial charge in [0.2, 0.25) is 15.6 Å². The molecule has 1 N–H and O–H groups in total. The molecule has 0 spiro atoms. The molecule has 0 saturated heterocycles. The predicted molar refractivity (Wildman–Crippen MR) is 111 cm³/mol. The minimum atomic E-state index is -5.16. The van der Waals surface area contributed by atoms with Crippen LogP contribution in [0.5, 0.6) is 0 Å². The molecule has 0 aromatic heterocycles. The van der Waals surface area contributed by atoms with Gasteiger partial charge in [-0.25, -0.2) is 12.8 Å². The minimum absolute atomic E-state index is 0.258. The van der Waals surface area contributed by atoms with Gasteiger partial charge in [-0.15, -0.1) is 0 Å². The van der Waals surface area contributed by atoms with E-state index in [2.05, 4.69) is 15.9 Å². The first-order chi connectivity index (χ1) is 15.1. The topological polar surface area (TPSA) is 122 Å². The fraction of sp³-hybridized carbons (Fsp3) is 0.316. The third kappa shape index (κ3) is 5.67. The van der Waals surface area contributed by atoms with E-state index in [9.17, 15) is 36.1 Å². The highest BCUT2D eigenvalue weighted by Crippen LogP contribution is 2.36. The Morgan fingerprint density at radius 2 is 1.82 bits per heavy atom. The Labute approximate surface area is 194 Å².